The maximum atomic E-state index is 5.74. The maximum absolute atomic E-state index is 5.74. The van der Waals surface area contributed by atoms with Gasteiger partial charge in [-0.05, 0) is 56.5 Å². The van der Waals surface area contributed by atoms with Crippen molar-refractivity contribution in [3.05, 3.63) is 0 Å². The largest absolute Gasteiger partial charge is 0.330 e. The molecule has 1 unspecified atom stereocenters. The van der Waals surface area contributed by atoms with Gasteiger partial charge in [-0.25, -0.2) is 0 Å². The van der Waals surface area contributed by atoms with Crippen LogP contribution in [0.5, 0.6) is 0 Å². The van der Waals surface area contributed by atoms with E-state index >= 15 is 0 Å². The van der Waals surface area contributed by atoms with Gasteiger partial charge < -0.3 is 10.6 Å². The van der Waals surface area contributed by atoms with Crippen LogP contribution in [-0.4, -0.2) is 30.6 Å². The van der Waals surface area contributed by atoms with E-state index in [1.807, 2.05) is 0 Å². The van der Waals surface area contributed by atoms with Crippen molar-refractivity contribution in [3.63, 3.8) is 0 Å². The van der Waals surface area contributed by atoms with Crippen molar-refractivity contribution in [2.45, 2.75) is 52.0 Å². The Labute approximate surface area is 94.2 Å². The van der Waals surface area contributed by atoms with Crippen LogP contribution in [0, 0.1) is 11.3 Å². The van der Waals surface area contributed by atoms with Crippen molar-refractivity contribution in [2.75, 3.05) is 19.6 Å². The Balaban J connectivity index is 1.81. The molecule has 0 radical (unpaired) electrons. The van der Waals surface area contributed by atoms with E-state index in [1.165, 1.54) is 45.2 Å². The summed E-state index contributed by atoms with van der Waals surface area (Å²) in [5.41, 5.74) is 6.34. The van der Waals surface area contributed by atoms with Crippen LogP contribution < -0.4 is 5.73 Å². The fourth-order valence-corrected chi connectivity index (χ4v) is 3.14. The highest BCUT2D eigenvalue weighted by Gasteiger charge is 2.33. The Morgan fingerprint density at radius 3 is 2.40 bits per heavy atom. The number of rotatable bonds is 2. The van der Waals surface area contributed by atoms with E-state index in [4.69, 9.17) is 5.73 Å². The van der Waals surface area contributed by atoms with E-state index < -0.39 is 0 Å². The molecular weight excluding hydrogens is 184 g/mol. The Bertz CT molecular complexity index is 203. The molecule has 1 saturated heterocycles. The highest BCUT2D eigenvalue weighted by Crippen LogP contribution is 2.38. The molecule has 2 fully saturated rings. The van der Waals surface area contributed by atoms with Crippen LogP contribution in [-0.2, 0) is 0 Å². The summed E-state index contributed by atoms with van der Waals surface area (Å²) < 4.78 is 0. The lowest BCUT2D eigenvalue weighted by atomic mass is 9.75. The predicted octanol–water partition coefficient (Wildman–Crippen LogP) is 2.24. The standard InChI is InChI=1S/C13H26N2/c1-13(2)6-3-12(4-7-13)15-8-5-11(9-14)10-15/h11-12H,3-10,14H2,1-2H3. The third kappa shape index (κ3) is 2.73. The number of likely N-dealkylation sites (tertiary alicyclic amines) is 1. The van der Waals surface area contributed by atoms with Gasteiger partial charge in [0.2, 0.25) is 0 Å². The number of nitrogens with zero attached hydrogens (tertiary/aromatic N) is 1. The quantitative estimate of drug-likeness (QED) is 0.757. The topological polar surface area (TPSA) is 29.3 Å². The SMILES string of the molecule is CC1(C)CCC(N2CCC(CN)C2)CC1. The summed E-state index contributed by atoms with van der Waals surface area (Å²) in [4.78, 5) is 2.70. The zero-order valence-electron chi connectivity index (χ0n) is 10.3. The summed E-state index contributed by atoms with van der Waals surface area (Å²) in [5, 5.41) is 0. The lowest BCUT2D eigenvalue weighted by molar-refractivity contribution is 0.124. The Morgan fingerprint density at radius 1 is 1.20 bits per heavy atom. The van der Waals surface area contributed by atoms with Crippen molar-refractivity contribution < 1.29 is 0 Å². The number of hydrogen-bond acceptors (Lipinski definition) is 2. The molecule has 0 aromatic rings. The molecule has 0 bridgehead atoms. The van der Waals surface area contributed by atoms with Crippen molar-refractivity contribution in [2.24, 2.45) is 17.1 Å². The summed E-state index contributed by atoms with van der Waals surface area (Å²) in [7, 11) is 0. The van der Waals surface area contributed by atoms with E-state index in [-0.39, 0.29) is 0 Å². The smallest absolute Gasteiger partial charge is 0.00957 e. The van der Waals surface area contributed by atoms with E-state index in [0.29, 0.717) is 5.41 Å². The van der Waals surface area contributed by atoms with Gasteiger partial charge in [0.1, 0.15) is 0 Å². The summed E-state index contributed by atoms with van der Waals surface area (Å²) in [5.74, 6) is 0.778. The molecule has 2 N–H and O–H groups in total. The van der Waals surface area contributed by atoms with Crippen LogP contribution in [0.1, 0.15) is 46.0 Å². The molecule has 1 aliphatic heterocycles. The molecule has 2 aliphatic rings. The average Bonchev–Trinajstić information content (AvgIpc) is 2.66. The molecule has 2 heteroatoms. The third-order valence-corrected chi connectivity index (χ3v) is 4.48. The minimum atomic E-state index is 0.601. The maximum Gasteiger partial charge on any atom is 0.00957 e. The molecule has 1 atom stereocenters. The minimum Gasteiger partial charge on any atom is -0.330 e. The van der Waals surface area contributed by atoms with Crippen LogP contribution in [0.25, 0.3) is 0 Å². The van der Waals surface area contributed by atoms with E-state index in [1.54, 1.807) is 0 Å². The van der Waals surface area contributed by atoms with Crippen LogP contribution >= 0.6 is 0 Å². The van der Waals surface area contributed by atoms with Gasteiger partial charge in [0.05, 0.1) is 0 Å². The molecule has 2 rings (SSSR count). The fraction of sp³-hybridized carbons (Fsp3) is 1.00. The first kappa shape index (κ1) is 11.4. The van der Waals surface area contributed by atoms with Crippen molar-refractivity contribution in [3.8, 4) is 0 Å². The molecule has 0 aromatic heterocycles. The second-order valence-corrected chi connectivity index (χ2v) is 6.28. The van der Waals surface area contributed by atoms with Gasteiger partial charge in [0.25, 0.3) is 0 Å². The summed E-state index contributed by atoms with van der Waals surface area (Å²) in [6.07, 6.45) is 6.95. The Kier molecular flexibility index (Phi) is 3.36. The van der Waals surface area contributed by atoms with Crippen LogP contribution in [0.2, 0.25) is 0 Å². The highest BCUT2D eigenvalue weighted by molar-refractivity contribution is 4.87. The van der Waals surface area contributed by atoms with E-state index in [9.17, 15) is 0 Å². The molecular formula is C13H26N2. The summed E-state index contributed by atoms with van der Waals surface area (Å²) in [6.45, 7) is 8.27. The van der Waals surface area contributed by atoms with Crippen LogP contribution in [0.15, 0.2) is 0 Å². The Morgan fingerprint density at radius 2 is 1.87 bits per heavy atom. The third-order valence-electron chi connectivity index (χ3n) is 4.48. The van der Waals surface area contributed by atoms with Crippen molar-refractivity contribution in [1.82, 2.24) is 4.90 Å². The molecule has 88 valence electrons. The van der Waals surface area contributed by atoms with Gasteiger partial charge in [-0.2, -0.15) is 0 Å². The van der Waals surface area contributed by atoms with Gasteiger partial charge in [0.15, 0.2) is 0 Å². The highest BCUT2D eigenvalue weighted by atomic mass is 15.2. The number of nitrogens with two attached hydrogens (primary N) is 1. The van der Waals surface area contributed by atoms with Gasteiger partial charge >= 0.3 is 0 Å². The lowest BCUT2D eigenvalue weighted by Gasteiger charge is -2.38. The van der Waals surface area contributed by atoms with Crippen LogP contribution in [0.4, 0.5) is 0 Å². The first-order chi connectivity index (χ1) is 7.11. The Hall–Kier alpha value is -0.0800. The molecule has 0 spiro atoms. The fourth-order valence-electron chi connectivity index (χ4n) is 3.14. The van der Waals surface area contributed by atoms with Gasteiger partial charge in [0, 0.05) is 12.6 Å². The predicted molar refractivity (Wildman–Crippen MR) is 64.8 cm³/mol. The minimum absolute atomic E-state index is 0.601. The number of hydrogen-bond donors (Lipinski definition) is 1. The van der Waals surface area contributed by atoms with Crippen molar-refractivity contribution in [1.29, 1.82) is 0 Å². The zero-order valence-corrected chi connectivity index (χ0v) is 10.3. The van der Waals surface area contributed by atoms with E-state index in [2.05, 4.69) is 18.7 Å². The van der Waals surface area contributed by atoms with Gasteiger partial charge in [-0.15, -0.1) is 0 Å². The molecule has 1 heterocycles. The van der Waals surface area contributed by atoms with Crippen LogP contribution in [0.3, 0.4) is 0 Å². The normalized spacial score (nSPS) is 33.4. The monoisotopic (exact) mass is 210 g/mol. The zero-order chi connectivity index (χ0) is 10.9. The molecule has 1 saturated carbocycles. The summed E-state index contributed by atoms with van der Waals surface area (Å²) in [6, 6.07) is 0.870. The van der Waals surface area contributed by atoms with Crippen molar-refractivity contribution >= 4 is 0 Å². The second-order valence-electron chi connectivity index (χ2n) is 6.28. The summed E-state index contributed by atoms with van der Waals surface area (Å²) >= 11 is 0. The molecule has 0 amide bonds. The van der Waals surface area contributed by atoms with Gasteiger partial charge in [-0.3, -0.25) is 0 Å². The molecule has 2 nitrogen and oxygen atoms in total. The molecule has 15 heavy (non-hydrogen) atoms. The first-order valence-corrected chi connectivity index (χ1v) is 6.55. The molecule has 1 aliphatic carbocycles. The average molecular weight is 210 g/mol. The second kappa shape index (κ2) is 4.42. The van der Waals surface area contributed by atoms with E-state index in [0.717, 1.165) is 18.5 Å². The molecule has 0 aromatic carbocycles. The van der Waals surface area contributed by atoms with Gasteiger partial charge in [-0.1, -0.05) is 13.8 Å². The first-order valence-electron chi connectivity index (χ1n) is 6.55. The lowest BCUT2D eigenvalue weighted by Crippen LogP contribution is -2.38.